The van der Waals surface area contributed by atoms with E-state index in [1.165, 1.54) is 0 Å². The molecule has 188 valence electrons. The highest BCUT2D eigenvalue weighted by Crippen LogP contribution is 2.70. The Labute approximate surface area is 210 Å². The molecule has 9 heteroatoms. The molecule has 4 aromatic rings. The van der Waals surface area contributed by atoms with Crippen LogP contribution in [0.3, 0.4) is 0 Å². The van der Waals surface area contributed by atoms with Gasteiger partial charge in [-0.25, -0.2) is 0 Å². The molecule has 0 aliphatic rings. The summed E-state index contributed by atoms with van der Waals surface area (Å²) in [7, 11) is -9.33. The zero-order valence-electron chi connectivity index (χ0n) is 19.4. The van der Waals surface area contributed by atoms with Crippen LogP contribution in [-0.2, 0) is 13.7 Å². The van der Waals surface area contributed by atoms with Gasteiger partial charge in [-0.05, 0) is 84.8 Å². The van der Waals surface area contributed by atoms with Gasteiger partial charge in [0.1, 0.15) is 11.5 Å². The lowest BCUT2D eigenvalue weighted by molar-refractivity contribution is -0.0496. The van der Waals surface area contributed by atoms with Crippen molar-refractivity contribution in [2.45, 2.75) is 34.0 Å². The van der Waals surface area contributed by atoms with Gasteiger partial charge in [-0.1, -0.05) is 53.6 Å². The van der Waals surface area contributed by atoms with Gasteiger partial charge in [0.15, 0.2) is 0 Å². The summed E-state index contributed by atoms with van der Waals surface area (Å²) in [6.45, 7) is 3.66. The van der Waals surface area contributed by atoms with Crippen molar-refractivity contribution in [1.29, 1.82) is 0 Å². The summed E-state index contributed by atoms with van der Waals surface area (Å²) in [6.07, 6.45) is 0. The highest BCUT2D eigenvalue weighted by atomic mass is 32.3. The highest BCUT2D eigenvalue weighted by molar-refractivity contribution is 8.33. The molecule has 0 N–H and O–H groups in total. The lowest BCUT2D eigenvalue weighted by atomic mass is 10.2. The largest absolute Gasteiger partial charge is 0.524 e. The predicted molar refractivity (Wildman–Crippen MR) is 134 cm³/mol. The van der Waals surface area contributed by atoms with Crippen LogP contribution in [0, 0.1) is 13.8 Å². The Kier molecular flexibility index (Phi) is 7.17. The Morgan fingerprint density at radius 1 is 0.583 bits per heavy atom. The van der Waals surface area contributed by atoms with Crippen molar-refractivity contribution in [2.24, 2.45) is 0 Å². The molecule has 0 bridgehead atoms. The fourth-order valence-electron chi connectivity index (χ4n) is 3.48. The van der Waals surface area contributed by atoms with Gasteiger partial charge in [0.05, 0.1) is 0 Å². The lowest BCUT2D eigenvalue weighted by Crippen LogP contribution is -2.27. The van der Waals surface area contributed by atoms with E-state index in [0.29, 0.717) is 21.3 Å². The molecule has 4 nitrogen and oxygen atoms in total. The average molecular weight is 533 g/mol. The van der Waals surface area contributed by atoms with Gasteiger partial charge < -0.3 is 4.74 Å². The SMILES string of the molecule is Cc1ccc(S(OS(=O)(=O)C(F)(F)F)(c2ccc(C)cc2)c2ccc(Oc3ccccc3)cc2)cc1. The second-order valence-electron chi connectivity index (χ2n) is 8.04. The number of alkyl halides is 3. The van der Waals surface area contributed by atoms with E-state index in [1.807, 2.05) is 32.0 Å². The molecule has 0 unspecified atom stereocenters. The minimum Gasteiger partial charge on any atom is -0.457 e. The third-order valence-corrected chi connectivity index (χ3v) is 10.2. The third-order valence-electron chi connectivity index (χ3n) is 5.32. The number of rotatable bonds is 7. The molecule has 0 saturated heterocycles. The van der Waals surface area contributed by atoms with Crippen LogP contribution in [-0.4, -0.2) is 13.9 Å². The summed E-state index contributed by atoms with van der Waals surface area (Å²) in [5, 5.41) is 0. The minimum absolute atomic E-state index is 0.267. The van der Waals surface area contributed by atoms with Crippen molar-refractivity contribution < 1.29 is 30.0 Å². The quantitative estimate of drug-likeness (QED) is 0.225. The first-order valence-corrected chi connectivity index (χ1v) is 13.8. The maximum Gasteiger partial charge on any atom is 0.524 e. The van der Waals surface area contributed by atoms with Gasteiger partial charge in [-0.15, -0.1) is 0 Å². The average Bonchev–Trinajstić information content (AvgIpc) is 2.84. The van der Waals surface area contributed by atoms with Gasteiger partial charge in [0.25, 0.3) is 0 Å². The summed E-state index contributed by atoms with van der Waals surface area (Å²) in [5.74, 6) is 1.02. The Morgan fingerprint density at radius 2 is 0.972 bits per heavy atom. The first kappa shape index (κ1) is 25.8. The standard InChI is InChI=1S/C27H23F3O4S2/c1-20-8-14-24(15-9-20)35(25-16-10-21(2)11-17-25,34-36(31,32)27(28,29)30)26-18-12-23(13-19-26)33-22-6-4-3-5-7-22/h3-19H,1-2H3. The van der Waals surface area contributed by atoms with Crippen LogP contribution in [0.25, 0.3) is 0 Å². The van der Waals surface area contributed by atoms with Crippen molar-refractivity contribution in [3.05, 3.63) is 114 Å². The number of halogens is 3. The summed E-state index contributed by atoms with van der Waals surface area (Å²) < 4.78 is 76.9. The molecular formula is C27H23F3O4S2. The number of ether oxygens (including phenoxy) is 1. The Balaban J connectivity index is 1.93. The molecule has 0 aliphatic heterocycles. The van der Waals surface area contributed by atoms with Gasteiger partial charge in [0, 0.05) is 14.7 Å². The topological polar surface area (TPSA) is 52.6 Å². The zero-order valence-corrected chi connectivity index (χ0v) is 21.0. The van der Waals surface area contributed by atoms with Crippen molar-refractivity contribution >= 4 is 20.4 Å². The highest BCUT2D eigenvalue weighted by Gasteiger charge is 2.52. The number of hydrogen-bond donors (Lipinski definition) is 0. The monoisotopic (exact) mass is 532 g/mol. The fourth-order valence-corrected chi connectivity index (χ4v) is 8.18. The molecule has 0 atom stereocenters. The first-order chi connectivity index (χ1) is 17.0. The van der Waals surface area contributed by atoms with Crippen LogP contribution in [0.1, 0.15) is 11.1 Å². The molecule has 0 amide bonds. The van der Waals surface area contributed by atoms with E-state index in [2.05, 4.69) is 0 Å². The maximum absolute atomic E-state index is 13.6. The van der Waals surface area contributed by atoms with E-state index in [0.717, 1.165) is 11.1 Å². The smallest absolute Gasteiger partial charge is 0.457 e. The van der Waals surface area contributed by atoms with Crippen LogP contribution < -0.4 is 4.74 Å². The number of hydrogen-bond acceptors (Lipinski definition) is 4. The number of benzene rings is 4. The molecule has 0 fully saturated rings. The van der Waals surface area contributed by atoms with Crippen LogP contribution in [0.5, 0.6) is 11.5 Å². The first-order valence-electron chi connectivity index (χ1n) is 10.8. The Morgan fingerprint density at radius 3 is 1.39 bits per heavy atom. The number of para-hydroxylation sites is 1. The van der Waals surface area contributed by atoms with Gasteiger partial charge in [-0.2, -0.15) is 25.2 Å². The van der Waals surface area contributed by atoms with E-state index in [4.69, 9.17) is 8.37 Å². The second kappa shape index (κ2) is 10.0. The predicted octanol–water partition coefficient (Wildman–Crippen LogP) is 8.16. The normalized spacial score (nSPS) is 12.8. The van der Waals surface area contributed by atoms with E-state index in [-0.39, 0.29) is 4.90 Å². The van der Waals surface area contributed by atoms with Crippen molar-refractivity contribution in [2.75, 3.05) is 0 Å². The van der Waals surface area contributed by atoms with E-state index < -0.39 is 25.9 Å². The lowest BCUT2D eigenvalue weighted by Gasteiger charge is -2.39. The summed E-state index contributed by atoms with van der Waals surface area (Å²) in [5.41, 5.74) is -3.88. The third kappa shape index (κ3) is 5.28. The summed E-state index contributed by atoms with van der Waals surface area (Å²) in [6, 6.07) is 28.5. The molecule has 4 aromatic carbocycles. The van der Waals surface area contributed by atoms with E-state index in [1.54, 1.807) is 84.9 Å². The van der Waals surface area contributed by atoms with E-state index >= 15 is 0 Å². The molecule has 0 aliphatic carbocycles. The van der Waals surface area contributed by atoms with Gasteiger partial charge in [0.2, 0.25) is 0 Å². The summed E-state index contributed by atoms with van der Waals surface area (Å²) >= 11 is 0. The Hall–Kier alpha value is -3.27. The Bertz CT molecular complexity index is 1370. The second-order valence-corrected chi connectivity index (χ2v) is 12.5. The molecular weight excluding hydrogens is 509 g/mol. The molecule has 36 heavy (non-hydrogen) atoms. The van der Waals surface area contributed by atoms with E-state index in [9.17, 15) is 21.6 Å². The maximum atomic E-state index is 13.6. The summed E-state index contributed by atoms with van der Waals surface area (Å²) in [4.78, 5) is 0.881. The van der Waals surface area contributed by atoms with Crippen LogP contribution in [0.4, 0.5) is 13.2 Å². The molecule has 0 saturated carbocycles. The molecule has 0 spiro atoms. The van der Waals surface area contributed by atoms with Crippen molar-refractivity contribution in [1.82, 2.24) is 0 Å². The van der Waals surface area contributed by atoms with Crippen LogP contribution >= 0.6 is 10.3 Å². The van der Waals surface area contributed by atoms with Crippen LogP contribution in [0.2, 0.25) is 0 Å². The van der Waals surface area contributed by atoms with Crippen molar-refractivity contribution in [3.8, 4) is 11.5 Å². The zero-order chi connectivity index (χ0) is 26.0. The van der Waals surface area contributed by atoms with Crippen molar-refractivity contribution in [3.63, 3.8) is 0 Å². The number of aryl methyl sites for hydroxylation is 2. The molecule has 0 radical (unpaired) electrons. The molecule has 0 heterocycles. The van der Waals surface area contributed by atoms with Gasteiger partial charge >= 0.3 is 15.6 Å². The fraction of sp³-hybridized carbons (Fsp3) is 0.111. The molecule has 4 rings (SSSR count). The molecule has 0 aromatic heterocycles. The van der Waals surface area contributed by atoms with Gasteiger partial charge in [-0.3, -0.25) is 0 Å². The van der Waals surface area contributed by atoms with Crippen LogP contribution in [0.15, 0.2) is 118 Å². The minimum atomic E-state index is -5.97.